The number of ether oxygens (including phenoxy) is 1. The SMILES string of the molecule is CC1(c2ccccc2)OC(=S)Nc2ccccc21. The summed E-state index contributed by atoms with van der Waals surface area (Å²) in [5, 5.41) is 3.51. The van der Waals surface area contributed by atoms with Crippen LogP contribution in [0.1, 0.15) is 18.1 Å². The van der Waals surface area contributed by atoms with Crippen molar-refractivity contribution in [2.75, 3.05) is 5.32 Å². The minimum Gasteiger partial charge on any atom is -0.455 e. The van der Waals surface area contributed by atoms with Crippen molar-refractivity contribution in [1.29, 1.82) is 0 Å². The Kier molecular flexibility index (Phi) is 2.56. The molecule has 0 spiro atoms. The number of hydrogen-bond donors (Lipinski definition) is 1. The Labute approximate surface area is 112 Å². The van der Waals surface area contributed by atoms with Crippen molar-refractivity contribution in [1.82, 2.24) is 0 Å². The zero-order chi connectivity index (χ0) is 12.6. The minimum atomic E-state index is -0.528. The van der Waals surface area contributed by atoms with Gasteiger partial charge in [-0.15, -0.1) is 0 Å². The van der Waals surface area contributed by atoms with Gasteiger partial charge in [0.05, 0.1) is 0 Å². The van der Waals surface area contributed by atoms with Gasteiger partial charge in [0.1, 0.15) is 0 Å². The summed E-state index contributed by atoms with van der Waals surface area (Å²) < 4.78 is 5.91. The van der Waals surface area contributed by atoms with Gasteiger partial charge in [-0.2, -0.15) is 0 Å². The van der Waals surface area contributed by atoms with Gasteiger partial charge >= 0.3 is 0 Å². The molecule has 1 heterocycles. The van der Waals surface area contributed by atoms with Crippen molar-refractivity contribution in [2.24, 2.45) is 0 Å². The fourth-order valence-corrected chi connectivity index (χ4v) is 2.63. The van der Waals surface area contributed by atoms with Gasteiger partial charge in [-0.25, -0.2) is 0 Å². The predicted molar refractivity (Wildman–Crippen MR) is 76.6 cm³/mol. The van der Waals surface area contributed by atoms with Gasteiger partial charge in [-0.1, -0.05) is 48.5 Å². The monoisotopic (exact) mass is 255 g/mol. The molecular weight excluding hydrogens is 242 g/mol. The first-order valence-electron chi connectivity index (χ1n) is 5.85. The maximum Gasteiger partial charge on any atom is 0.262 e. The fourth-order valence-electron chi connectivity index (χ4n) is 2.35. The van der Waals surface area contributed by atoms with Crippen molar-refractivity contribution in [3.05, 3.63) is 65.7 Å². The molecule has 18 heavy (non-hydrogen) atoms. The fraction of sp³-hybridized carbons (Fsp3) is 0.133. The van der Waals surface area contributed by atoms with Crippen LogP contribution in [0.5, 0.6) is 0 Å². The van der Waals surface area contributed by atoms with E-state index in [-0.39, 0.29) is 0 Å². The van der Waals surface area contributed by atoms with Crippen LogP contribution in [-0.4, -0.2) is 5.17 Å². The zero-order valence-electron chi connectivity index (χ0n) is 10.0. The summed E-state index contributed by atoms with van der Waals surface area (Å²) in [6, 6.07) is 18.2. The molecule has 0 bridgehead atoms. The second kappa shape index (κ2) is 4.10. The molecule has 0 fully saturated rings. The second-order valence-electron chi connectivity index (χ2n) is 4.46. The van der Waals surface area contributed by atoms with Crippen molar-refractivity contribution < 1.29 is 4.74 Å². The lowest BCUT2D eigenvalue weighted by molar-refractivity contribution is 0.118. The van der Waals surface area contributed by atoms with E-state index in [0.29, 0.717) is 5.17 Å². The van der Waals surface area contributed by atoms with E-state index in [1.54, 1.807) is 0 Å². The highest BCUT2D eigenvalue weighted by atomic mass is 32.1. The maximum atomic E-state index is 5.91. The van der Waals surface area contributed by atoms with E-state index < -0.39 is 5.60 Å². The van der Waals surface area contributed by atoms with Crippen LogP contribution in [0.2, 0.25) is 0 Å². The molecule has 1 unspecified atom stereocenters. The summed E-state index contributed by atoms with van der Waals surface area (Å²) in [6.07, 6.45) is 0. The smallest absolute Gasteiger partial charge is 0.262 e. The molecule has 1 N–H and O–H groups in total. The lowest BCUT2D eigenvalue weighted by Crippen LogP contribution is -2.37. The Morgan fingerprint density at radius 1 is 1.00 bits per heavy atom. The standard InChI is InChI=1S/C15H13NOS/c1-15(11-7-3-2-4-8-11)12-9-5-6-10-13(12)16-14(18)17-15/h2-10H,1H3,(H,16,18). The van der Waals surface area contributed by atoms with E-state index in [1.165, 1.54) is 0 Å². The van der Waals surface area contributed by atoms with Gasteiger partial charge in [0.25, 0.3) is 5.17 Å². The van der Waals surface area contributed by atoms with Gasteiger partial charge in [0.15, 0.2) is 5.60 Å². The van der Waals surface area contributed by atoms with Gasteiger partial charge in [0, 0.05) is 11.3 Å². The summed E-state index contributed by atoms with van der Waals surface area (Å²) in [7, 11) is 0. The Hall–Kier alpha value is -1.87. The van der Waals surface area contributed by atoms with Crippen molar-refractivity contribution in [2.45, 2.75) is 12.5 Å². The summed E-state index contributed by atoms with van der Waals surface area (Å²) in [6.45, 7) is 2.05. The molecule has 90 valence electrons. The molecule has 1 aliphatic heterocycles. The molecule has 0 aliphatic carbocycles. The molecule has 1 aliphatic rings. The van der Waals surface area contributed by atoms with Gasteiger partial charge in [-0.3, -0.25) is 0 Å². The molecule has 2 aromatic rings. The Bertz CT molecular complexity index is 596. The highest BCUT2D eigenvalue weighted by Gasteiger charge is 2.37. The number of fused-ring (bicyclic) bond motifs is 1. The van der Waals surface area contributed by atoms with Gasteiger partial charge < -0.3 is 10.1 Å². The van der Waals surface area contributed by atoms with Crippen LogP contribution >= 0.6 is 12.2 Å². The summed E-state index contributed by atoms with van der Waals surface area (Å²) in [5.74, 6) is 0. The number of rotatable bonds is 1. The van der Waals surface area contributed by atoms with Crippen LogP contribution in [0.25, 0.3) is 0 Å². The first-order valence-corrected chi connectivity index (χ1v) is 6.26. The molecule has 0 saturated carbocycles. The number of benzene rings is 2. The van der Waals surface area contributed by atoms with Crippen LogP contribution in [0, 0.1) is 0 Å². The first-order chi connectivity index (χ1) is 8.70. The van der Waals surface area contributed by atoms with Crippen LogP contribution < -0.4 is 5.32 Å². The highest BCUT2D eigenvalue weighted by molar-refractivity contribution is 7.80. The quantitative estimate of drug-likeness (QED) is 0.785. The third-order valence-corrected chi connectivity index (χ3v) is 3.48. The van der Waals surface area contributed by atoms with E-state index in [4.69, 9.17) is 17.0 Å². The van der Waals surface area contributed by atoms with Crippen LogP contribution in [0.15, 0.2) is 54.6 Å². The topological polar surface area (TPSA) is 21.3 Å². The molecule has 2 nitrogen and oxygen atoms in total. The highest BCUT2D eigenvalue weighted by Crippen LogP contribution is 2.40. The third-order valence-electron chi connectivity index (χ3n) is 3.30. The van der Waals surface area contributed by atoms with Crippen molar-refractivity contribution in [3.8, 4) is 0 Å². The third kappa shape index (κ3) is 1.68. The molecular formula is C15H13NOS. The number of hydrogen-bond acceptors (Lipinski definition) is 2. The molecule has 1 atom stereocenters. The Morgan fingerprint density at radius 3 is 2.44 bits per heavy atom. The van der Waals surface area contributed by atoms with E-state index >= 15 is 0 Å². The lowest BCUT2D eigenvalue weighted by Gasteiger charge is -2.37. The number of thiocarbonyl (C=S) groups is 1. The summed E-state index contributed by atoms with van der Waals surface area (Å²) >= 11 is 5.20. The number of nitrogens with one attached hydrogen (secondary N) is 1. The molecule has 0 saturated heterocycles. The van der Waals surface area contributed by atoms with Gasteiger partial charge in [0.2, 0.25) is 0 Å². The molecule has 2 aromatic carbocycles. The van der Waals surface area contributed by atoms with E-state index in [2.05, 4.69) is 23.5 Å². The Balaban J connectivity index is 2.21. The minimum absolute atomic E-state index is 0.417. The summed E-state index contributed by atoms with van der Waals surface area (Å²) in [5.41, 5.74) is 2.69. The average molecular weight is 255 g/mol. The molecule has 0 amide bonds. The first kappa shape index (κ1) is 11.2. The van der Waals surface area contributed by atoms with E-state index in [9.17, 15) is 0 Å². The maximum absolute atomic E-state index is 5.91. The molecule has 3 heteroatoms. The van der Waals surface area contributed by atoms with Gasteiger partial charge in [-0.05, 0) is 30.8 Å². The normalized spacial score (nSPS) is 21.7. The van der Waals surface area contributed by atoms with Crippen molar-refractivity contribution in [3.63, 3.8) is 0 Å². The number of anilines is 1. The summed E-state index contributed by atoms with van der Waals surface area (Å²) in [4.78, 5) is 0. The van der Waals surface area contributed by atoms with Crippen LogP contribution in [0.4, 0.5) is 5.69 Å². The second-order valence-corrected chi connectivity index (χ2v) is 4.83. The largest absolute Gasteiger partial charge is 0.455 e. The predicted octanol–water partition coefficient (Wildman–Crippen LogP) is 3.68. The van der Waals surface area contributed by atoms with Crippen molar-refractivity contribution >= 4 is 23.1 Å². The molecule has 0 aromatic heterocycles. The Morgan fingerprint density at radius 2 is 1.67 bits per heavy atom. The zero-order valence-corrected chi connectivity index (χ0v) is 10.8. The number of para-hydroxylation sites is 1. The molecule has 3 rings (SSSR count). The van der Waals surface area contributed by atoms with E-state index in [1.807, 2.05) is 43.3 Å². The lowest BCUT2D eigenvalue weighted by atomic mass is 9.86. The molecule has 0 radical (unpaired) electrons. The van der Waals surface area contributed by atoms with Crippen LogP contribution in [-0.2, 0) is 10.3 Å². The van der Waals surface area contributed by atoms with Crippen LogP contribution in [0.3, 0.4) is 0 Å². The van der Waals surface area contributed by atoms with E-state index in [0.717, 1.165) is 16.8 Å². The average Bonchev–Trinajstić information content (AvgIpc) is 2.39.